The van der Waals surface area contributed by atoms with E-state index in [0.717, 1.165) is 0 Å². The molecule has 0 spiro atoms. The Morgan fingerprint density at radius 2 is 2.29 bits per heavy atom. The van der Waals surface area contributed by atoms with E-state index in [2.05, 4.69) is 5.16 Å². The van der Waals surface area contributed by atoms with Gasteiger partial charge in [-0.1, -0.05) is 5.16 Å². The van der Waals surface area contributed by atoms with Crippen LogP contribution in [0.1, 0.15) is 6.42 Å². The number of carbonyl (C=O) groups excluding carboxylic acids is 1. The largest absolute Gasteiger partial charge is 0.459 e. The molecule has 2 heterocycles. The number of alkyl halides is 2. The van der Waals surface area contributed by atoms with Crippen molar-refractivity contribution in [3.63, 3.8) is 0 Å². The van der Waals surface area contributed by atoms with Crippen molar-refractivity contribution < 1.29 is 23.1 Å². The highest BCUT2D eigenvalue weighted by Crippen LogP contribution is 2.30. The number of hydrogen-bond acceptors (Lipinski definition) is 4. The predicted molar refractivity (Wildman–Crippen MR) is 42.2 cm³/mol. The van der Waals surface area contributed by atoms with Crippen molar-refractivity contribution in [3.05, 3.63) is 0 Å². The third-order valence-corrected chi connectivity index (χ3v) is 2.38. The minimum absolute atomic E-state index is 0.0392. The van der Waals surface area contributed by atoms with Gasteiger partial charge in [0.2, 0.25) is 0 Å². The zero-order valence-corrected chi connectivity index (χ0v) is 7.28. The molecule has 2 aliphatic rings. The summed E-state index contributed by atoms with van der Waals surface area (Å²) in [5.74, 6) is -1.42. The van der Waals surface area contributed by atoms with Crippen molar-refractivity contribution in [2.24, 2.45) is 11.1 Å². The first-order valence-corrected chi connectivity index (χ1v) is 4.31. The van der Waals surface area contributed by atoms with Gasteiger partial charge in [0.05, 0.1) is 0 Å². The van der Waals surface area contributed by atoms with Crippen molar-refractivity contribution >= 4 is 11.7 Å². The Hall–Kier alpha value is -1.20. The van der Waals surface area contributed by atoms with Crippen LogP contribution >= 0.6 is 0 Å². The summed E-state index contributed by atoms with van der Waals surface area (Å²) >= 11 is 0. The Labute approximate surface area is 78.9 Å². The second-order valence-corrected chi connectivity index (χ2v) is 3.29. The Kier molecular flexibility index (Phi) is 2.35. The molecule has 0 aliphatic carbocycles. The molecule has 0 N–H and O–H groups in total. The van der Waals surface area contributed by atoms with E-state index in [1.54, 1.807) is 0 Å². The van der Waals surface area contributed by atoms with E-state index in [1.165, 1.54) is 0 Å². The molecule has 78 valence electrons. The second-order valence-electron chi connectivity index (χ2n) is 3.29. The number of cyclic esters (lactones) is 1. The van der Waals surface area contributed by atoms with Gasteiger partial charge in [-0.15, -0.1) is 0 Å². The molecule has 0 aromatic rings. The molecule has 0 bridgehead atoms. The minimum atomic E-state index is -0.837. The molecule has 0 saturated carbocycles. The van der Waals surface area contributed by atoms with Crippen molar-refractivity contribution in [3.8, 4) is 0 Å². The monoisotopic (exact) mass is 205 g/mol. The van der Waals surface area contributed by atoms with Crippen LogP contribution < -0.4 is 0 Å². The van der Waals surface area contributed by atoms with Gasteiger partial charge in [0.1, 0.15) is 37.2 Å². The highest BCUT2D eigenvalue weighted by Gasteiger charge is 2.46. The molecule has 6 heteroatoms. The van der Waals surface area contributed by atoms with Gasteiger partial charge in [-0.2, -0.15) is 0 Å². The molecule has 1 fully saturated rings. The number of oxime groups is 1. The molecule has 14 heavy (non-hydrogen) atoms. The Bertz CT molecular complexity index is 282. The summed E-state index contributed by atoms with van der Waals surface area (Å²) in [6.07, 6.45) is -1.10. The Balaban J connectivity index is 2.11. The van der Waals surface area contributed by atoms with Crippen LogP contribution in [0, 0.1) is 5.92 Å². The highest BCUT2D eigenvalue weighted by molar-refractivity contribution is 6.04. The molecule has 0 unspecified atom stereocenters. The fourth-order valence-electron chi connectivity index (χ4n) is 1.68. The van der Waals surface area contributed by atoms with Crippen LogP contribution in [0.4, 0.5) is 8.78 Å². The molecule has 0 aromatic heterocycles. The van der Waals surface area contributed by atoms with E-state index in [9.17, 15) is 13.6 Å². The number of halogens is 2. The maximum Gasteiger partial charge on any atom is 0.319 e. The fourth-order valence-corrected chi connectivity index (χ4v) is 1.68. The van der Waals surface area contributed by atoms with Gasteiger partial charge in [-0.05, 0) is 0 Å². The van der Waals surface area contributed by atoms with Crippen LogP contribution in [0.5, 0.6) is 0 Å². The van der Waals surface area contributed by atoms with Crippen molar-refractivity contribution in [1.29, 1.82) is 0 Å². The van der Waals surface area contributed by atoms with Gasteiger partial charge in [-0.25, -0.2) is 8.78 Å². The topological polar surface area (TPSA) is 47.9 Å². The van der Waals surface area contributed by atoms with Crippen LogP contribution in [0.25, 0.3) is 0 Å². The number of fused-ring (bicyclic) bond motifs is 1. The van der Waals surface area contributed by atoms with Crippen molar-refractivity contribution in [2.45, 2.75) is 18.6 Å². The number of carbonyl (C=O) groups is 1. The number of nitrogens with zero attached hydrogens (tertiary/aromatic N) is 1. The Morgan fingerprint density at radius 1 is 1.50 bits per heavy atom. The maximum atomic E-state index is 12.3. The summed E-state index contributed by atoms with van der Waals surface area (Å²) in [6, 6.07) is 0. The molecule has 4 nitrogen and oxygen atoms in total. The van der Waals surface area contributed by atoms with Crippen LogP contribution in [0.3, 0.4) is 0 Å². The minimum Gasteiger partial charge on any atom is -0.459 e. The predicted octanol–water partition coefficient (Wildman–Crippen LogP) is 0.612. The molecule has 0 radical (unpaired) electrons. The number of rotatable bonds is 2. The first-order valence-electron chi connectivity index (χ1n) is 4.31. The van der Waals surface area contributed by atoms with Gasteiger partial charge >= 0.3 is 5.97 Å². The summed E-state index contributed by atoms with van der Waals surface area (Å²) < 4.78 is 29.3. The summed E-state index contributed by atoms with van der Waals surface area (Å²) in [7, 11) is 0. The molecule has 2 rings (SSSR count). The summed E-state index contributed by atoms with van der Waals surface area (Å²) in [6.45, 7) is -1.58. The van der Waals surface area contributed by atoms with Crippen LogP contribution in [0.2, 0.25) is 0 Å². The van der Waals surface area contributed by atoms with Crippen molar-refractivity contribution in [2.75, 3.05) is 13.3 Å². The zero-order valence-electron chi connectivity index (χ0n) is 7.28. The molecule has 2 aliphatic heterocycles. The second kappa shape index (κ2) is 3.51. The average molecular weight is 205 g/mol. The number of hydrogen-bond donors (Lipinski definition) is 0. The van der Waals surface area contributed by atoms with E-state index < -0.39 is 37.4 Å². The van der Waals surface area contributed by atoms with Crippen molar-refractivity contribution in [1.82, 2.24) is 0 Å². The van der Waals surface area contributed by atoms with E-state index in [0.29, 0.717) is 0 Å². The first-order chi connectivity index (χ1) is 6.76. The van der Waals surface area contributed by atoms with Gasteiger partial charge in [-0.3, -0.25) is 4.79 Å². The van der Waals surface area contributed by atoms with Crippen LogP contribution in [0.15, 0.2) is 5.16 Å². The third kappa shape index (κ3) is 1.34. The lowest BCUT2D eigenvalue weighted by molar-refractivity contribution is -0.166. The zero-order chi connectivity index (χ0) is 10.1. The molecular weight excluding hydrogens is 196 g/mol. The van der Waals surface area contributed by atoms with Crippen LogP contribution in [-0.2, 0) is 14.4 Å². The smallest absolute Gasteiger partial charge is 0.319 e. The van der Waals surface area contributed by atoms with Gasteiger partial charge in [0, 0.05) is 6.42 Å². The molecule has 0 aromatic carbocycles. The maximum absolute atomic E-state index is 12.3. The van der Waals surface area contributed by atoms with Crippen LogP contribution in [-0.4, -0.2) is 37.2 Å². The highest BCUT2D eigenvalue weighted by atomic mass is 19.1. The SMILES string of the molecule is O=C1O[C@H](CF)C[C@H]2ON=C(CF)[C@@H]12. The van der Waals surface area contributed by atoms with Gasteiger partial charge in [0.25, 0.3) is 0 Å². The lowest BCUT2D eigenvalue weighted by Gasteiger charge is -2.27. The number of esters is 1. The average Bonchev–Trinajstić information content (AvgIpc) is 2.61. The summed E-state index contributed by atoms with van der Waals surface area (Å²) in [5.41, 5.74) is 0.0392. The molecule has 0 amide bonds. The molecular formula is C8H9F2NO3. The fraction of sp³-hybridized carbons (Fsp3) is 0.750. The van der Waals surface area contributed by atoms with Gasteiger partial charge < -0.3 is 9.57 Å². The normalized spacial score (nSPS) is 35.7. The van der Waals surface area contributed by atoms with Gasteiger partial charge in [0.15, 0.2) is 0 Å². The summed E-state index contributed by atoms with van der Waals surface area (Å²) in [4.78, 5) is 16.1. The third-order valence-electron chi connectivity index (χ3n) is 2.38. The Morgan fingerprint density at radius 3 is 2.93 bits per heavy atom. The standard InChI is InChI=1S/C8H9F2NO3/c9-2-4-1-6-7(8(12)13-4)5(3-10)11-14-6/h4,6-7H,1-3H2/t4-,6+,7+/m0/s1. The first kappa shape index (κ1) is 9.36. The van der Waals surface area contributed by atoms with E-state index in [4.69, 9.17) is 9.57 Å². The quantitative estimate of drug-likeness (QED) is 0.620. The molecule has 1 saturated heterocycles. The number of ether oxygens (including phenoxy) is 1. The van der Waals surface area contributed by atoms with E-state index >= 15 is 0 Å². The lowest BCUT2D eigenvalue weighted by atomic mass is 9.91. The summed E-state index contributed by atoms with van der Waals surface area (Å²) in [5, 5.41) is 3.44. The molecule has 3 atom stereocenters. The lowest BCUT2D eigenvalue weighted by Crippen LogP contribution is -2.43. The van der Waals surface area contributed by atoms with E-state index in [-0.39, 0.29) is 12.1 Å². The van der Waals surface area contributed by atoms with E-state index in [1.807, 2.05) is 0 Å².